The Morgan fingerprint density at radius 1 is 1.06 bits per heavy atom. The maximum atomic E-state index is 13.2. The third-order valence-corrected chi connectivity index (χ3v) is 5.74. The van der Waals surface area contributed by atoms with Gasteiger partial charge in [0.25, 0.3) is 5.91 Å². The first-order valence-corrected chi connectivity index (χ1v) is 11.5. The number of carbonyl (C=O) groups is 2. The molecular formula is C24H29Cl3N2O3. The lowest BCUT2D eigenvalue weighted by Crippen LogP contribution is -2.54. The first-order chi connectivity index (χ1) is 14.9. The van der Waals surface area contributed by atoms with Gasteiger partial charge in [0.15, 0.2) is 6.61 Å². The highest BCUT2D eigenvalue weighted by Gasteiger charge is 2.31. The van der Waals surface area contributed by atoms with Crippen molar-refractivity contribution >= 4 is 46.6 Å². The zero-order valence-electron chi connectivity index (χ0n) is 19.0. The Bertz CT molecular complexity index is 973. The predicted octanol–water partition coefficient (Wildman–Crippen LogP) is 6.06. The average Bonchev–Trinajstić information content (AvgIpc) is 2.68. The molecule has 0 bridgehead atoms. The van der Waals surface area contributed by atoms with Gasteiger partial charge in [0.1, 0.15) is 11.8 Å². The van der Waals surface area contributed by atoms with Gasteiger partial charge in [-0.15, -0.1) is 0 Å². The maximum Gasteiger partial charge on any atom is 0.261 e. The van der Waals surface area contributed by atoms with Gasteiger partial charge in [0.2, 0.25) is 5.91 Å². The molecule has 32 heavy (non-hydrogen) atoms. The van der Waals surface area contributed by atoms with Crippen molar-refractivity contribution in [1.29, 1.82) is 0 Å². The van der Waals surface area contributed by atoms with Gasteiger partial charge in [-0.25, -0.2) is 0 Å². The standard InChI is InChI=1S/C24H29Cl3N2O3/c1-6-21(23(31)28-24(3,4)5)29(13-16-7-8-17(25)12-20(16)27)22(30)14-32-18-9-10-19(26)15(2)11-18/h7-12,21H,6,13-14H2,1-5H3,(H,28,31). The van der Waals surface area contributed by atoms with E-state index >= 15 is 0 Å². The molecule has 0 saturated carbocycles. The molecule has 5 nitrogen and oxygen atoms in total. The molecule has 0 radical (unpaired) electrons. The molecule has 2 rings (SSSR count). The Morgan fingerprint density at radius 3 is 2.31 bits per heavy atom. The van der Waals surface area contributed by atoms with Crippen molar-refractivity contribution in [2.75, 3.05) is 6.61 Å². The highest BCUT2D eigenvalue weighted by atomic mass is 35.5. The number of hydrogen-bond acceptors (Lipinski definition) is 3. The van der Waals surface area contributed by atoms with Gasteiger partial charge in [-0.2, -0.15) is 0 Å². The fourth-order valence-corrected chi connectivity index (χ4v) is 3.73. The molecule has 2 aromatic rings. The smallest absolute Gasteiger partial charge is 0.261 e. The van der Waals surface area contributed by atoms with E-state index in [1.165, 1.54) is 4.90 Å². The molecule has 0 aliphatic rings. The second kappa shape index (κ2) is 11.3. The number of amides is 2. The molecule has 0 aliphatic heterocycles. The van der Waals surface area contributed by atoms with Crippen LogP contribution in [0.3, 0.4) is 0 Å². The van der Waals surface area contributed by atoms with Crippen molar-refractivity contribution in [3.63, 3.8) is 0 Å². The Kier molecular flexibility index (Phi) is 9.26. The summed E-state index contributed by atoms with van der Waals surface area (Å²) < 4.78 is 5.71. The van der Waals surface area contributed by atoms with Crippen LogP contribution in [0.25, 0.3) is 0 Å². The Balaban J connectivity index is 2.29. The average molecular weight is 500 g/mol. The molecule has 174 valence electrons. The molecule has 0 saturated heterocycles. The Labute approximate surface area is 205 Å². The molecule has 2 amide bonds. The van der Waals surface area contributed by atoms with E-state index in [0.717, 1.165) is 5.56 Å². The first-order valence-electron chi connectivity index (χ1n) is 10.4. The largest absolute Gasteiger partial charge is 0.484 e. The summed E-state index contributed by atoms with van der Waals surface area (Å²) in [6.45, 7) is 9.32. The van der Waals surface area contributed by atoms with Crippen LogP contribution in [0, 0.1) is 6.92 Å². The SMILES string of the molecule is CCC(C(=O)NC(C)(C)C)N(Cc1ccc(Cl)cc1Cl)C(=O)COc1ccc(Cl)c(C)c1. The van der Waals surface area contributed by atoms with Crippen LogP contribution in [0.1, 0.15) is 45.2 Å². The monoisotopic (exact) mass is 498 g/mol. The van der Waals surface area contributed by atoms with Crippen molar-refractivity contribution in [2.45, 2.75) is 59.2 Å². The zero-order valence-corrected chi connectivity index (χ0v) is 21.2. The Hall–Kier alpha value is -1.95. The summed E-state index contributed by atoms with van der Waals surface area (Å²) in [6.07, 6.45) is 0.429. The summed E-state index contributed by atoms with van der Waals surface area (Å²) in [5, 5.41) is 4.50. The summed E-state index contributed by atoms with van der Waals surface area (Å²) >= 11 is 18.4. The minimum Gasteiger partial charge on any atom is -0.484 e. The quantitative estimate of drug-likeness (QED) is 0.480. The fourth-order valence-electron chi connectivity index (χ4n) is 3.14. The van der Waals surface area contributed by atoms with Crippen molar-refractivity contribution in [2.24, 2.45) is 0 Å². The van der Waals surface area contributed by atoms with Crippen LogP contribution in [0.5, 0.6) is 5.75 Å². The summed E-state index contributed by atoms with van der Waals surface area (Å²) in [5.41, 5.74) is 1.10. The van der Waals surface area contributed by atoms with Crippen LogP contribution in [0.2, 0.25) is 15.1 Å². The molecule has 0 aliphatic carbocycles. The molecule has 1 N–H and O–H groups in total. The molecule has 0 fully saturated rings. The zero-order chi connectivity index (χ0) is 24.1. The van der Waals surface area contributed by atoms with Gasteiger partial charge >= 0.3 is 0 Å². The third kappa shape index (κ3) is 7.58. The van der Waals surface area contributed by atoms with Crippen LogP contribution in [0.15, 0.2) is 36.4 Å². The summed E-state index contributed by atoms with van der Waals surface area (Å²) in [5.74, 6) is -0.0442. The molecule has 1 unspecified atom stereocenters. The van der Waals surface area contributed by atoms with Gasteiger partial charge in [0, 0.05) is 27.2 Å². The maximum absolute atomic E-state index is 13.2. The van der Waals surface area contributed by atoms with E-state index in [2.05, 4.69) is 5.32 Å². The minimum absolute atomic E-state index is 0.147. The number of nitrogens with zero attached hydrogens (tertiary/aromatic N) is 1. The molecule has 0 aromatic heterocycles. The van der Waals surface area contributed by atoms with E-state index < -0.39 is 11.6 Å². The number of hydrogen-bond donors (Lipinski definition) is 1. The van der Waals surface area contributed by atoms with Crippen LogP contribution in [-0.4, -0.2) is 34.9 Å². The van der Waals surface area contributed by atoms with Crippen molar-refractivity contribution in [3.05, 3.63) is 62.6 Å². The van der Waals surface area contributed by atoms with Crippen molar-refractivity contribution < 1.29 is 14.3 Å². The van der Waals surface area contributed by atoms with E-state index in [9.17, 15) is 9.59 Å². The highest BCUT2D eigenvalue weighted by Crippen LogP contribution is 2.25. The van der Waals surface area contributed by atoms with Crippen LogP contribution in [0.4, 0.5) is 0 Å². The van der Waals surface area contributed by atoms with Gasteiger partial charge < -0.3 is 15.0 Å². The fraction of sp³-hybridized carbons (Fsp3) is 0.417. The number of benzene rings is 2. The van der Waals surface area contributed by atoms with Crippen molar-refractivity contribution in [1.82, 2.24) is 10.2 Å². The third-order valence-electron chi connectivity index (χ3n) is 4.73. The predicted molar refractivity (Wildman–Crippen MR) is 131 cm³/mol. The van der Waals surface area contributed by atoms with E-state index in [-0.39, 0.29) is 25.0 Å². The number of nitrogens with one attached hydrogen (secondary N) is 1. The van der Waals surface area contributed by atoms with Gasteiger partial charge in [0.05, 0.1) is 0 Å². The summed E-state index contributed by atoms with van der Waals surface area (Å²) in [4.78, 5) is 27.8. The van der Waals surface area contributed by atoms with Gasteiger partial charge in [-0.05, 0) is 75.6 Å². The number of aryl methyl sites for hydroxylation is 1. The lowest BCUT2D eigenvalue weighted by atomic mass is 10.1. The van der Waals surface area contributed by atoms with E-state index in [4.69, 9.17) is 39.5 Å². The van der Waals surface area contributed by atoms with E-state index in [0.29, 0.717) is 32.8 Å². The van der Waals surface area contributed by atoms with Gasteiger partial charge in [-0.1, -0.05) is 47.8 Å². The van der Waals surface area contributed by atoms with Gasteiger partial charge in [-0.3, -0.25) is 9.59 Å². The molecule has 8 heteroatoms. The lowest BCUT2D eigenvalue weighted by Gasteiger charge is -2.33. The molecule has 2 aromatic carbocycles. The summed E-state index contributed by atoms with van der Waals surface area (Å²) in [6, 6.07) is 9.56. The number of halogens is 3. The number of ether oxygens (including phenoxy) is 1. The minimum atomic E-state index is -0.691. The summed E-state index contributed by atoms with van der Waals surface area (Å²) in [7, 11) is 0. The molecule has 1 atom stereocenters. The topological polar surface area (TPSA) is 58.6 Å². The highest BCUT2D eigenvalue weighted by molar-refractivity contribution is 6.35. The second-order valence-corrected chi connectivity index (χ2v) is 9.87. The number of carbonyl (C=O) groups excluding carboxylic acids is 2. The normalized spacial score (nSPS) is 12.2. The van der Waals surface area contributed by atoms with E-state index in [1.807, 2.05) is 34.6 Å². The van der Waals surface area contributed by atoms with Crippen LogP contribution in [-0.2, 0) is 16.1 Å². The molecule has 0 heterocycles. The Morgan fingerprint density at radius 2 is 1.75 bits per heavy atom. The molecule has 0 spiro atoms. The van der Waals surface area contributed by atoms with Crippen LogP contribution >= 0.6 is 34.8 Å². The van der Waals surface area contributed by atoms with Crippen molar-refractivity contribution in [3.8, 4) is 5.75 Å². The van der Waals surface area contributed by atoms with Crippen LogP contribution < -0.4 is 10.1 Å². The molecular weight excluding hydrogens is 471 g/mol. The second-order valence-electron chi connectivity index (χ2n) is 8.62. The number of rotatable bonds is 8. The first kappa shape index (κ1) is 26.3. The van der Waals surface area contributed by atoms with E-state index in [1.54, 1.807) is 36.4 Å². The lowest BCUT2D eigenvalue weighted by molar-refractivity contribution is -0.143.